The van der Waals surface area contributed by atoms with Crippen LogP contribution in [-0.4, -0.2) is 63.3 Å². The Bertz CT molecular complexity index is 1840. The summed E-state index contributed by atoms with van der Waals surface area (Å²) in [5, 5.41) is 108. The normalized spacial score (nSPS) is 26.6. The van der Waals surface area contributed by atoms with Crippen LogP contribution in [0.2, 0.25) is 0 Å². The van der Waals surface area contributed by atoms with E-state index in [1.165, 1.54) is 24.3 Å². The van der Waals surface area contributed by atoms with Gasteiger partial charge in [-0.15, -0.1) is 0 Å². The Balaban J connectivity index is 1.51. The van der Waals surface area contributed by atoms with Crippen LogP contribution in [0, 0.1) is 0 Å². The summed E-state index contributed by atoms with van der Waals surface area (Å²) in [6.07, 6.45) is -4.84. The van der Waals surface area contributed by atoms with Crippen molar-refractivity contribution in [2.75, 3.05) is 0 Å². The zero-order valence-electron chi connectivity index (χ0n) is 21.8. The van der Waals surface area contributed by atoms with Gasteiger partial charge in [0.25, 0.3) is 0 Å². The van der Waals surface area contributed by atoms with Gasteiger partial charge in [0.15, 0.2) is 34.7 Å². The summed E-state index contributed by atoms with van der Waals surface area (Å²) < 4.78 is 18.4. The Kier molecular flexibility index (Phi) is 5.35. The van der Waals surface area contributed by atoms with Crippen LogP contribution in [-0.2, 0) is 17.8 Å². The van der Waals surface area contributed by atoms with E-state index in [4.69, 9.17) is 14.2 Å². The first-order chi connectivity index (χ1) is 20.3. The number of ether oxygens (including phenoxy) is 3. The molecule has 13 nitrogen and oxygen atoms in total. The number of benzene rings is 4. The molecule has 0 unspecified atom stereocenters. The molecule has 3 aliphatic rings. The Labute approximate surface area is 241 Å². The lowest BCUT2D eigenvalue weighted by Crippen LogP contribution is -2.65. The third-order valence-electron chi connectivity index (χ3n) is 8.15. The van der Waals surface area contributed by atoms with Gasteiger partial charge in [0.1, 0.15) is 40.6 Å². The Morgan fingerprint density at radius 1 is 0.651 bits per heavy atom. The Hall–Kier alpha value is -5.24. The second-order valence-corrected chi connectivity index (χ2v) is 10.7. The van der Waals surface area contributed by atoms with Crippen LogP contribution in [0.4, 0.5) is 0 Å². The van der Waals surface area contributed by atoms with Gasteiger partial charge in [-0.3, -0.25) is 0 Å². The van der Waals surface area contributed by atoms with Gasteiger partial charge in [-0.2, -0.15) is 0 Å². The third-order valence-corrected chi connectivity index (χ3v) is 8.15. The first kappa shape index (κ1) is 26.6. The van der Waals surface area contributed by atoms with Crippen molar-refractivity contribution in [3.63, 3.8) is 0 Å². The molecule has 0 fully saturated rings. The standard InChI is InChI=1S/C30H24O13/c31-13-7-20(37)24-22(8-13)42-30(12-2-4-16(33)19(36)6-12)28(39)29(24,40)25-23(43-30)10-17(34)14-9-21(38)26(41-27(14)25)11-1-3-15(32)18(35)5-11/h1-8,10,21,26,28,31-40H,9H2/t21-,26-,28+,29+,30+/m1/s1. The molecule has 0 amide bonds. The summed E-state index contributed by atoms with van der Waals surface area (Å²) >= 11 is 0. The lowest BCUT2D eigenvalue weighted by molar-refractivity contribution is -0.272. The van der Waals surface area contributed by atoms with Crippen molar-refractivity contribution in [3.8, 4) is 57.5 Å². The zero-order chi connectivity index (χ0) is 30.6. The summed E-state index contributed by atoms with van der Waals surface area (Å²) in [5.41, 5.74) is -3.15. The number of rotatable bonds is 2. The maximum absolute atomic E-state index is 12.6. The quantitative estimate of drug-likeness (QED) is 0.150. The predicted molar refractivity (Wildman–Crippen MR) is 142 cm³/mol. The largest absolute Gasteiger partial charge is 0.508 e. The lowest BCUT2D eigenvalue weighted by Gasteiger charge is -2.54. The van der Waals surface area contributed by atoms with Crippen LogP contribution < -0.4 is 14.2 Å². The van der Waals surface area contributed by atoms with Crippen molar-refractivity contribution in [2.45, 2.75) is 36.1 Å². The van der Waals surface area contributed by atoms with Gasteiger partial charge in [-0.25, -0.2) is 0 Å². The molecule has 13 heteroatoms. The fourth-order valence-electron chi connectivity index (χ4n) is 6.16. The molecule has 0 spiro atoms. The first-order valence-corrected chi connectivity index (χ1v) is 13.0. The Morgan fingerprint density at radius 2 is 1.30 bits per heavy atom. The topological polar surface area (TPSA) is 230 Å². The highest BCUT2D eigenvalue weighted by molar-refractivity contribution is 5.69. The number of phenols is 7. The highest BCUT2D eigenvalue weighted by atomic mass is 16.7. The second kappa shape index (κ2) is 8.64. The second-order valence-electron chi connectivity index (χ2n) is 10.7. The van der Waals surface area contributed by atoms with Gasteiger partial charge >= 0.3 is 5.79 Å². The van der Waals surface area contributed by atoms with Gasteiger partial charge in [-0.05, 0) is 35.9 Å². The summed E-state index contributed by atoms with van der Waals surface area (Å²) in [7, 11) is 0. The van der Waals surface area contributed by atoms with E-state index in [0.717, 1.165) is 30.3 Å². The number of fused-ring (bicyclic) bond motifs is 8. The molecule has 0 radical (unpaired) electrons. The molecule has 4 aromatic rings. The number of aromatic hydroxyl groups is 7. The summed E-state index contributed by atoms with van der Waals surface area (Å²) in [4.78, 5) is 0. The highest BCUT2D eigenvalue weighted by Gasteiger charge is 2.67. The molecule has 4 aromatic carbocycles. The number of phenolic OH excluding ortho intramolecular Hbond substituents is 7. The number of aliphatic hydroxyl groups excluding tert-OH is 2. The summed E-state index contributed by atoms with van der Waals surface area (Å²) in [6, 6.07) is 10.2. The molecule has 0 aromatic heterocycles. The van der Waals surface area contributed by atoms with Crippen molar-refractivity contribution in [1.82, 2.24) is 0 Å². The zero-order valence-corrected chi connectivity index (χ0v) is 21.8. The average Bonchev–Trinajstić information content (AvgIpc) is 2.93. The van der Waals surface area contributed by atoms with Crippen LogP contribution in [0.25, 0.3) is 0 Å². The molecule has 0 saturated heterocycles. The molecule has 222 valence electrons. The fourth-order valence-corrected chi connectivity index (χ4v) is 6.16. The van der Waals surface area contributed by atoms with Crippen LogP contribution in [0.15, 0.2) is 54.6 Å². The summed E-state index contributed by atoms with van der Waals surface area (Å²) in [6.45, 7) is 0. The van der Waals surface area contributed by atoms with Crippen LogP contribution in [0.5, 0.6) is 57.5 Å². The van der Waals surface area contributed by atoms with Gasteiger partial charge in [0, 0.05) is 35.7 Å². The monoisotopic (exact) mass is 592 g/mol. The molecule has 0 saturated carbocycles. The minimum absolute atomic E-state index is 0.0239. The molecule has 3 heterocycles. The maximum Gasteiger partial charge on any atom is 0.308 e. The smallest absolute Gasteiger partial charge is 0.308 e. The summed E-state index contributed by atoms with van der Waals surface area (Å²) in [5.74, 6) is -6.77. The van der Waals surface area contributed by atoms with E-state index >= 15 is 0 Å². The minimum atomic E-state index is -2.64. The lowest BCUT2D eigenvalue weighted by atomic mass is 9.70. The molecular formula is C30H24O13. The fraction of sp³-hybridized carbons (Fsp3) is 0.200. The molecule has 43 heavy (non-hydrogen) atoms. The third kappa shape index (κ3) is 3.49. The molecule has 3 aliphatic heterocycles. The molecule has 10 N–H and O–H groups in total. The molecule has 7 rings (SSSR count). The van der Waals surface area contributed by atoms with E-state index in [2.05, 4.69) is 0 Å². The van der Waals surface area contributed by atoms with E-state index in [9.17, 15) is 51.1 Å². The number of hydrogen-bond acceptors (Lipinski definition) is 13. The van der Waals surface area contributed by atoms with E-state index < -0.39 is 69.9 Å². The van der Waals surface area contributed by atoms with Crippen molar-refractivity contribution >= 4 is 0 Å². The van der Waals surface area contributed by atoms with Gasteiger partial charge in [0.2, 0.25) is 0 Å². The number of aliphatic hydroxyl groups is 3. The Morgan fingerprint density at radius 3 is 1.98 bits per heavy atom. The van der Waals surface area contributed by atoms with E-state index in [1.807, 2.05) is 0 Å². The molecular weight excluding hydrogens is 568 g/mol. The highest BCUT2D eigenvalue weighted by Crippen LogP contribution is 2.64. The van der Waals surface area contributed by atoms with Gasteiger partial charge < -0.3 is 65.3 Å². The van der Waals surface area contributed by atoms with Gasteiger partial charge in [0.05, 0.1) is 17.2 Å². The first-order valence-electron chi connectivity index (χ1n) is 13.0. The SMILES string of the molecule is Oc1cc(O)c2c(c1)O[C@@]1(c3ccc(O)c(O)c3)Oc3cc(O)c4c(c3[C@]2(O)[C@@H]1O)O[C@H](c1ccc(O)c(O)c1)[C@H](O)C4. The van der Waals surface area contributed by atoms with Crippen molar-refractivity contribution in [1.29, 1.82) is 0 Å². The predicted octanol–water partition coefficient (Wildman–Crippen LogP) is 1.90. The maximum atomic E-state index is 12.6. The van der Waals surface area contributed by atoms with Crippen LogP contribution in [0.3, 0.4) is 0 Å². The van der Waals surface area contributed by atoms with Crippen molar-refractivity contribution in [3.05, 3.63) is 82.4 Å². The molecule has 0 aliphatic carbocycles. The van der Waals surface area contributed by atoms with Crippen molar-refractivity contribution in [2.24, 2.45) is 0 Å². The minimum Gasteiger partial charge on any atom is -0.508 e. The molecule has 5 atom stereocenters. The van der Waals surface area contributed by atoms with Crippen molar-refractivity contribution < 1.29 is 65.3 Å². The van der Waals surface area contributed by atoms with Crippen LogP contribution >= 0.6 is 0 Å². The van der Waals surface area contributed by atoms with Crippen LogP contribution in [0.1, 0.15) is 33.9 Å². The van der Waals surface area contributed by atoms with E-state index in [0.29, 0.717) is 0 Å². The molecule has 2 bridgehead atoms. The average molecular weight is 593 g/mol. The van der Waals surface area contributed by atoms with Gasteiger partial charge in [-0.1, -0.05) is 6.07 Å². The van der Waals surface area contributed by atoms with E-state index in [1.54, 1.807) is 0 Å². The van der Waals surface area contributed by atoms with E-state index in [-0.39, 0.29) is 51.5 Å². The number of hydrogen-bond donors (Lipinski definition) is 10.